The van der Waals surface area contributed by atoms with E-state index in [0.29, 0.717) is 5.56 Å². The Labute approximate surface area is 146 Å². The third kappa shape index (κ3) is 2.72. The maximum atomic E-state index is 13.0. The number of sulfone groups is 1. The minimum Gasteiger partial charge on any atom is -0.478 e. The van der Waals surface area contributed by atoms with Crippen LogP contribution >= 0.6 is 23.2 Å². The van der Waals surface area contributed by atoms with Gasteiger partial charge >= 0.3 is 5.97 Å². The largest absolute Gasteiger partial charge is 0.478 e. The normalized spacial score (nSPS) is 16.5. The number of carboxylic acid groups (broad SMARTS) is 1. The summed E-state index contributed by atoms with van der Waals surface area (Å²) < 4.78 is 43.6. The molecule has 1 heterocycles. The molecule has 5 nitrogen and oxygen atoms in total. The van der Waals surface area contributed by atoms with Crippen molar-refractivity contribution in [3.05, 3.63) is 51.8 Å². The van der Waals surface area contributed by atoms with Crippen LogP contribution in [0.1, 0.15) is 5.56 Å². The fraction of sp³-hybridized carbons (Fsp3) is 0.133. The van der Waals surface area contributed by atoms with E-state index in [1.54, 1.807) is 0 Å². The Hall–Kier alpha value is -1.83. The summed E-state index contributed by atoms with van der Waals surface area (Å²) in [5.41, 5.74) is 0.331. The zero-order valence-corrected chi connectivity index (χ0v) is 14.1. The van der Waals surface area contributed by atoms with Gasteiger partial charge in [0.25, 0.3) is 0 Å². The lowest BCUT2D eigenvalue weighted by Crippen LogP contribution is -2.24. The van der Waals surface area contributed by atoms with Crippen LogP contribution in [0, 0.1) is 5.82 Å². The molecule has 9 heteroatoms. The number of rotatable bonds is 3. The number of carbonyl (C=O) groups is 1. The molecule has 2 aromatic carbocycles. The van der Waals surface area contributed by atoms with E-state index in [-0.39, 0.29) is 32.0 Å². The molecule has 0 aromatic heterocycles. The lowest BCUT2D eigenvalue weighted by molar-refractivity contribution is -0.144. The second-order valence-corrected chi connectivity index (χ2v) is 7.77. The number of fused-ring (bicyclic) bond motifs is 1. The molecule has 0 fully saturated rings. The molecule has 1 N–H and O–H groups in total. The van der Waals surface area contributed by atoms with Gasteiger partial charge in [-0.1, -0.05) is 23.2 Å². The molecule has 0 saturated heterocycles. The van der Waals surface area contributed by atoms with Gasteiger partial charge in [-0.25, -0.2) is 17.6 Å². The van der Waals surface area contributed by atoms with Crippen LogP contribution in [0.4, 0.5) is 4.39 Å². The van der Waals surface area contributed by atoms with E-state index in [9.17, 15) is 17.6 Å². The first kappa shape index (κ1) is 17.0. The zero-order valence-electron chi connectivity index (χ0n) is 11.8. The predicted molar refractivity (Wildman–Crippen MR) is 84.1 cm³/mol. The molecule has 1 atom stereocenters. The van der Waals surface area contributed by atoms with E-state index < -0.39 is 27.7 Å². The molecule has 0 aliphatic carbocycles. The van der Waals surface area contributed by atoms with Gasteiger partial charge in [-0.3, -0.25) is 0 Å². The first-order chi connectivity index (χ1) is 11.2. The van der Waals surface area contributed by atoms with Crippen molar-refractivity contribution in [1.29, 1.82) is 0 Å². The molecule has 2 aromatic rings. The van der Waals surface area contributed by atoms with Crippen molar-refractivity contribution in [3.63, 3.8) is 0 Å². The van der Waals surface area contributed by atoms with Crippen molar-refractivity contribution in [2.24, 2.45) is 0 Å². The van der Waals surface area contributed by atoms with Gasteiger partial charge in [0.2, 0.25) is 9.84 Å². The van der Waals surface area contributed by atoms with Crippen molar-refractivity contribution in [2.45, 2.75) is 22.3 Å². The second-order valence-electron chi connectivity index (χ2n) is 5.10. The number of benzene rings is 2. The molecule has 0 saturated carbocycles. The first-order valence-corrected chi connectivity index (χ1v) is 8.86. The quantitative estimate of drug-likeness (QED) is 0.812. The highest BCUT2D eigenvalue weighted by Crippen LogP contribution is 2.45. The Morgan fingerprint density at radius 2 is 1.83 bits per heavy atom. The van der Waals surface area contributed by atoms with Crippen molar-refractivity contribution in [1.82, 2.24) is 0 Å². The van der Waals surface area contributed by atoms with Crippen LogP contribution < -0.4 is 4.74 Å². The Balaban J connectivity index is 2.14. The van der Waals surface area contributed by atoms with Crippen LogP contribution in [-0.4, -0.2) is 25.6 Å². The summed E-state index contributed by atoms with van der Waals surface area (Å²) in [4.78, 5) is 10.6. The number of ether oxygens (including phenoxy) is 1. The van der Waals surface area contributed by atoms with E-state index in [0.717, 1.165) is 24.3 Å². The van der Waals surface area contributed by atoms with Gasteiger partial charge in [-0.15, -0.1) is 0 Å². The van der Waals surface area contributed by atoms with E-state index in [1.807, 2.05) is 0 Å². The van der Waals surface area contributed by atoms with E-state index in [4.69, 9.17) is 33.0 Å². The van der Waals surface area contributed by atoms with E-state index in [2.05, 4.69) is 0 Å². The number of hydrogen-bond donors (Lipinski definition) is 1. The van der Waals surface area contributed by atoms with Gasteiger partial charge in [-0.05, 0) is 30.3 Å². The Kier molecular flexibility index (Phi) is 4.19. The summed E-state index contributed by atoms with van der Waals surface area (Å²) in [5.74, 6) is -1.71. The molecular formula is C15H9Cl2FO5S. The average molecular weight is 391 g/mol. The Bertz CT molecular complexity index is 941. The van der Waals surface area contributed by atoms with E-state index >= 15 is 0 Å². The lowest BCUT2D eigenvalue weighted by atomic mass is 10.1. The SMILES string of the molecule is O=C(O)C1Cc2cc(S(=O)(=O)c3ccc(F)cc3)c(Cl)c(Cl)c2O1. The molecule has 0 bridgehead atoms. The highest BCUT2D eigenvalue weighted by molar-refractivity contribution is 7.91. The van der Waals surface area contributed by atoms with Crippen LogP contribution in [0.5, 0.6) is 5.75 Å². The van der Waals surface area contributed by atoms with Gasteiger partial charge in [0.05, 0.1) is 14.8 Å². The van der Waals surface area contributed by atoms with Gasteiger partial charge in [0.1, 0.15) is 16.6 Å². The van der Waals surface area contributed by atoms with E-state index in [1.165, 1.54) is 6.07 Å². The number of halogens is 3. The standard InChI is InChI=1S/C15H9Cl2FO5S/c16-12-11(24(21,22)9-3-1-8(18)2-4-9)6-7-5-10(15(19)20)23-14(7)13(12)17/h1-4,6,10H,5H2,(H,19,20). The third-order valence-electron chi connectivity index (χ3n) is 3.56. The van der Waals surface area contributed by atoms with Gasteiger partial charge in [0.15, 0.2) is 6.10 Å². The maximum absolute atomic E-state index is 13.0. The lowest BCUT2D eigenvalue weighted by Gasteiger charge is -2.11. The maximum Gasteiger partial charge on any atom is 0.345 e. The summed E-state index contributed by atoms with van der Waals surface area (Å²) >= 11 is 12.1. The second kappa shape index (κ2) is 5.91. The Morgan fingerprint density at radius 1 is 1.21 bits per heavy atom. The van der Waals surface area contributed by atoms with Gasteiger partial charge in [-0.2, -0.15) is 0 Å². The molecule has 126 valence electrons. The van der Waals surface area contributed by atoms with Gasteiger partial charge in [0, 0.05) is 12.0 Å². The fourth-order valence-corrected chi connectivity index (χ4v) is 4.53. The molecule has 24 heavy (non-hydrogen) atoms. The monoisotopic (exact) mass is 390 g/mol. The van der Waals surface area contributed by atoms with Crippen LogP contribution in [0.3, 0.4) is 0 Å². The number of carboxylic acids is 1. The minimum atomic E-state index is -4.05. The summed E-state index contributed by atoms with van der Waals surface area (Å²) in [5, 5.41) is 8.58. The van der Waals surface area contributed by atoms with Crippen LogP contribution in [0.2, 0.25) is 10.0 Å². The summed E-state index contributed by atoms with van der Waals surface area (Å²) in [6.07, 6.45) is -1.19. The van der Waals surface area contributed by atoms with Crippen molar-refractivity contribution in [2.75, 3.05) is 0 Å². The summed E-state index contributed by atoms with van der Waals surface area (Å²) in [6.45, 7) is 0. The van der Waals surface area contributed by atoms with Crippen LogP contribution in [0.25, 0.3) is 0 Å². The van der Waals surface area contributed by atoms with Gasteiger partial charge < -0.3 is 9.84 Å². The van der Waals surface area contributed by atoms with Crippen LogP contribution in [0.15, 0.2) is 40.1 Å². The summed E-state index contributed by atoms with van der Waals surface area (Å²) in [6, 6.07) is 5.49. The highest BCUT2D eigenvalue weighted by Gasteiger charge is 2.35. The van der Waals surface area contributed by atoms with Crippen LogP contribution in [-0.2, 0) is 21.1 Å². The zero-order chi connectivity index (χ0) is 17.6. The highest BCUT2D eigenvalue weighted by atomic mass is 35.5. The fourth-order valence-electron chi connectivity index (χ4n) is 2.37. The summed E-state index contributed by atoms with van der Waals surface area (Å²) in [7, 11) is -4.05. The Morgan fingerprint density at radius 3 is 2.42 bits per heavy atom. The molecule has 0 spiro atoms. The molecule has 0 amide bonds. The molecular weight excluding hydrogens is 382 g/mol. The molecule has 1 unspecified atom stereocenters. The topological polar surface area (TPSA) is 80.7 Å². The van der Waals surface area contributed by atoms with Crippen molar-refractivity contribution in [3.8, 4) is 5.75 Å². The molecule has 3 rings (SSSR count). The average Bonchev–Trinajstić information content (AvgIpc) is 2.96. The minimum absolute atomic E-state index is 0.0342. The molecule has 1 aliphatic heterocycles. The molecule has 0 radical (unpaired) electrons. The molecule has 1 aliphatic rings. The van der Waals surface area contributed by atoms with Crippen molar-refractivity contribution < 1.29 is 27.4 Å². The third-order valence-corrected chi connectivity index (χ3v) is 6.32. The number of aliphatic carboxylic acids is 1. The smallest absolute Gasteiger partial charge is 0.345 e. The first-order valence-electron chi connectivity index (χ1n) is 6.63. The number of hydrogen-bond acceptors (Lipinski definition) is 4. The van der Waals surface area contributed by atoms with Crippen molar-refractivity contribution >= 4 is 39.0 Å². The predicted octanol–water partition coefficient (Wildman–Crippen LogP) is 3.35.